The van der Waals surface area contributed by atoms with E-state index < -0.39 is 0 Å². The van der Waals surface area contributed by atoms with Crippen LogP contribution in [0.1, 0.15) is 31.9 Å². The van der Waals surface area contributed by atoms with E-state index >= 15 is 0 Å². The number of nitrogens with one attached hydrogen (secondary N) is 1. The molecule has 2 unspecified atom stereocenters. The fourth-order valence-electron chi connectivity index (χ4n) is 1.89. The summed E-state index contributed by atoms with van der Waals surface area (Å²) in [6, 6.07) is 6.31. The summed E-state index contributed by atoms with van der Waals surface area (Å²) < 4.78 is 5.15. The Kier molecular flexibility index (Phi) is 5.10. The molecule has 0 aliphatic rings. The highest BCUT2D eigenvalue weighted by molar-refractivity contribution is 6.32. The first-order valence-corrected chi connectivity index (χ1v) is 6.02. The fraction of sp³-hybridized carbons (Fsp3) is 0.538. The quantitative estimate of drug-likeness (QED) is 0.850. The van der Waals surface area contributed by atoms with Crippen molar-refractivity contribution in [1.82, 2.24) is 5.32 Å². The molecule has 2 nitrogen and oxygen atoms in total. The van der Waals surface area contributed by atoms with Crippen LogP contribution in [-0.4, -0.2) is 14.2 Å². The molecule has 0 aliphatic heterocycles. The molecule has 0 saturated heterocycles. The van der Waals surface area contributed by atoms with Gasteiger partial charge < -0.3 is 10.1 Å². The third-order valence-electron chi connectivity index (χ3n) is 3.06. The first kappa shape index (κ1) is 13.3. The average Bonchev–Trinajstić information content (AvgIpc) is 2.30. The summed E-state index contributed by atoms with van der Waals surface area (Å²) in [7, 11) is 3.61. The molecule has 0 radical (unpaired) electrons. The van der Waals surface area contributed by atoms with Crippen LogP contribution in [0, 0.1) is 5.92 Å². The molecule has 0 heterocycles. The van der Waals surface area contributed by atoms with Gasteiger partial charge in [0.05, 0.1) is 12.1 Å². The van der Waals surface area contributed by atoms with E-state index in [0.29, 0.717) is 17.0 Å². The standard InChI is InChI=1S/C13H20ClNO/c1-5-9(2)13(15-3)10-6-7-12(16-4)11(14)8-10/h6-9,13,15H,5H2,1-4H3. The van der Waals surface area contributed by atoms with Gasteiger partial charge in [0.25, 0.3) is 0 Å². The van der Waals surface area contributed by atoms with Crippen LogP contribution in [-0.2, 0) is 0 Å². The lowest BCUT2D eigenvalue weighted by Gasteiger charge is -2.23. The normalized spacial score (nSPS) is 14.6. The summed E-state index contributed by atoms with van der Waals surface area (Å²) in [4.78, 5) is 0. The second-order valence-corrected chi connectivity index (χ2v) is 4.45. The van der Waals surface area contributed by atoms with Gasteiger partial charge in [0.15, 0.2) is 0 Å². The molecule has 0 saturated carbocycles. The van der Waals surface area contributed by atoms with Crippen molar-refractivity contribution >= 4 is 11.6 Å². The van der Waals surface area contributed by atoms with Gasteiger partial charge in [-0.15, -0.1) is 0 Å². The number of ether oxygens (including phenoxy) is 1. The van der Waals surface area contributed by atoms with Gasteiger partial charge in [-0.2, -0.15) is 0 Å². The lowest BCUT2D eigenvalue weighted by Crippen LogP contribution is -2.23. The third-order valence-corrected chi connectivity index (χ3v) is 3.35. The van der Waals surface area contributed by atoms with E-state index in [1.807, 2.05) is 19.2 Å². The summed E-state index contributed by atoms with van der Waals surface area (Å²) in [6.07, 6.45) is 1.13. The molecule has 0 aromatic heterocycles. The summed E-state index contributed by atoms with van der Waals surface area (Å²) in [6.45, 7) is 4.43. The molecule has 0 bridgehead atoms. The van der Waals surface area contributed by atoms with Crippen molar-refractivity contribution in [2.75, 3.05) is 14.2 Å². The Bertz CT molecular complexity index is 341. The highest BCUT2D eigenvalue weighted by Crippen LogP contribution is 2.31. The first-order valence-electron chi connectivity index (χ1n) is 5.64. The van der Waals surface area contributed by atoms with Crippen LogP contribution in [0.5, 0.6) is 5.75 Å². The third kappa shape index (κ3) is 2.89. The Morgan fingerprint density at radius 1 is 1.44 bits per heavy atom. The average molecular weight is 242 g/mol. The molecule has 1 aromatic rings. The Balaban J connectivity index is 2.98. The molecule has 90 valence electrons. The number of methoxy groups -OCH3 is 1. The number of rotatable bonds is 5. The Morgan fingerprint density at radius 2 is 2.12 bits per heavy atom. The molecule has 1 aromatic carbocycles. The van der Waals surface area contributed by atoms with E-state index in [2.05, 4.69) is 25.2 Å². The second kappa shape index (κ2) is 6.12. The van der Waals surface area contributed by atoms with E-state index in [0.717, 1.165) is 12.2 Å². The molecule has 1 N–H and O–H groups in total. The SMILES string of the molecule is CCC(C)C(NC)c1ccc(OC)c(Cl)c1. The summed E-state index contributed by atoms with van der Waals surface area (Å²) in [5.74, 6) is 1.30. The van der Waals surface area contributed by atoms with Crippen LogP contribution < -0.4 is 10.1 Å². The summed E-state index contributed by atoms with van der Waals surface area (Å²) >= 11 is 6.13. The minimum absolute atomic E-state index is 0.341. The molecule has 0 amide bonds. The van der Waals surface area contributed by atoms with Crippen LogP contribution in [0.25, 0.3) is 0 Å². The highest BCUT2D eigenvalue weighted by atomic mass is 35.5. The fourth-order valence-corrected chi connectivity index (χ4v) is 2.16. The first-order chi connectivity index (χ1) is 7.63. The van der Waals surface area contributed by atoms with Gasteiger partial charge in [0, 0.05) is 6.04 Å². The monoisotopic (exact) mass is 241 g/mol. The van der Waals surface area contributed by atoms with Crippen molar-refractivity contribution in [3.05, 3.63) is 28.8 Å². The van der Waals surface area contributed by atoms with Crippen LogP contribution in [0.3, 0.4) is 0 Å². The van der Waals surface area contributed by atoms with E-state index in [1.165, 1.54) is 5.56 Å². The van der Waals surface area contributed by atoms with E-state index in [-0.39, 0.29) is 0 Å². The molecule has 2 atom stereocenters. The van der Waals surface area contributed by atoms with Crippen LogP contribution in [0.15, 0.2) is 18.2 Å². The Hall–Kier alpha value is -0.730. The summed E-state index contributed by atoms with van der Waals surface area (Å²) in [5.41, 5.74) is 1.21. The zero-order valence-corrected chi connectivity index (χ0v) is 11.1. The maximum Gasteiger partial charge on any atom is 0.137 e. The van der Waals surface area contributed by atoms with Crippen LogP contribution in [0.4, 0.5) is 0 Å². The minimum atomic E-state index is 0.341. The van der Waals surface area contributed by atoms with Crippen molar-refractivity contribution in [2.45, 2.75) is 26.3 Å². The van der Waals surface area contributed by atoms with Crippen molar-refractivity contribution in [3.63, 3.8) is 0 Å². The topological polar surface area (TPSA) is 21.3 Å². The second-order valence-electron chi connectivity index (χ2n) is 4.05. The number of hydrogen-bond donors (Lipinski definition) is 1. The lowest BCUT2D eigenvalue weighted by atomic mass is 9.92. The van der Waals surface area contributed by atoms with E-state index in [1.54, 1.807) is 7.11 Å². The highest BCUT2D eigenvalue weighted by Gasteiger charge is 2.16. The van der Waals surface area contributed by atoms with Gasteiger partial charge in [-0.05, 0) is 30.7 Å². The van der Waals surface area contributed by atoms with Crippen molar-refractivity contribution in [1.29, 1.82) is 0 Å². The predicted octanol–water partition coefficient (Wildman–Crippen LogP) is 3.66. The van der Waals surface area contributed by atoms with Crippen molar-refractivity contribution in [3.8, 4) is 5.75 Å². The van der Waals surface area contributed by atoms with Crippen molar-refractivity contribution < 1.29 is 4.74 Å². The molecule has 0 aliphatic carbocycles. The molecule has 1 rings (SSSR count). The maximum atomic E-state index is 6.13. The number of benzene rings is 1. The molecule has 0 spiro atoms. The molecule has 0 fully saturated rings. The van der Waals surface area contributed by atoms with E-state index in [4.69, 9.17) is 16.3 Å². The van der Waals surface area contributed by atoms with Crippen LogP contribution in [0.2, 0.25) is 5.02 Å². The van der Waals surface area contributed by atoms with Gasteiger partial charge in [-0.1, -0.05) is 37.9 Å². The summed E-state index contributed by atoms with van der Waals surface area (Å²) in [5, 5.41) is 4.00. The van der Waals surface area contributed by atoms with Gasteiger partial charge >= 0.3 is 0 Å². The number of hydrogen-bond acceptors (Lipinski definition) is 2. The lowest BCUT2D eigenvalue weighted by molar-refractivity contribution is 0.397. The predicted molar refractivity (Wildman–Crippen MR) is 69.3 cm³/mol. The molecular weight excluding hydrogens is 222 g/mol. The van der Waals surface area contributed by atoms with E-state index in [9.17, 15) is 0 Å². The minimum Gasteiger partial charge on any atom is -0.495 e. The zero-order chi connectivity index (χ0) is 12.1. The van der Waals surface area contributed by atoms with Gasteiger partial charge in [-0.25, -0.2) is 0 Å². The molecule has 16 heavy (non-hydrogen) atoms. The largest absolute Gasteiger partial charge is 0.495 e. The Labute approximate surface area is 103 Å². The zero-order valence-electron chi connectivity index (χ0n) is 10.4. The van der Waals surface area contributed by atoms with Gasteiger partial charge in [-0.3, -0.25) is 0 Å². The van der Waals surface area contributed by atoms with Gasteiger partial charge in [0.1, 0.15) is 5.75 Å². The Morgan fingerprint density at radius 3 is 2.56 bits per heavy atom. The molecule has 3 heteroatoms. The van der Waals surface area contributed by atoms with Gasteiger partial charge in [0.2, 0.25) is 0 Å². The van der Waals surface area contributed by atoms with Crippen LogP contribution >= 0.6 is 11.6 Å². The smallest absolute Gasteiger partial charge is 0.137 e. The molecular formula is C13H20ClNO. The van der Waals surface area contributed by atoms with Crippen molar-refractivity contribution in [2.24, 2.45) is 5.92 Å². The number of halogens is 1. The maximum absolute atomic E-state index is 6.13.